The highest BCUT2D eigenvalue weighted by Crippen LogP contribution is 2.36. The number of hydrogen-bond acceptors (Lipinski definition) is 2. The van der Waals surface area contributed by atoms with Crippen LogP contribution < -0.4 is 5.73 Å². The molecule has 2 N–H and O–H groups in total. The molecule has 0 atom stereocenters. The van der Waals surface area contributed by atoms with Gasteiger partial charge in [0.2, 0.25) is 0 Å². The smallest absolute Gasteiger partial charge is 0.191 e. The van der Waals surface area contributed by atoms with E-state index in [2.05, 4.69) is 45.7 Å². The normalized spacial score (nSPS) is 12.1. The molecule has 0 aromatic rings. The van der Waals surface area contributed by atoms with E-state index in [0.717, 1.165) is 19.4 Å². The van der Waals surface area contributed by atoms with Crippen LogP contribution in [0, 0.1) is 11.8 Å². The monoisotopic (exact) mass is 227 g/mol. The van der Waals surface area contributed by atoms with Gasteiger partial charge >= 0.3 is 0 Å². The van der Waals surface area contributed by atoms with Crippen molar-refractivity contribution < 1.29 is 4.43 Å². The van der Waals surface area contributed by atoms with Crippen LogP contribution in [0.4, 0.5) is 0 Å². The van der Waals surface area contributed by atoms with Crippen LogP contribution >= 0.6 is 0 Å². The fourth-order valence-corrected chi connectivity index (χ4v) is 1.95. The van der Waals surface area contributed by atoms with Crippen LogP contribution in [0.1, 0.15) is 33.6 Å². The van der Waals surface area contributed by atoms with Gasteiger partial charge in [0, 0.05) is 13.0 Å². The summed E-state index contributed by atoms with van der Waals surface area (Å²) in [4.78, 5) is 0. The summed E-state index contributed by atoms with van der Waals surface area (Å²) in [5.41, 5.74) is 5.27. The molecule has 3 heteroatoms. The Labute approximate surface area is 95.7 Å². The first-order valence-electron chi connectivity index (χ1n) is 5.61. The molecule has 0 saturated heterocycles. The molecule has 0 aliphatic rings. The molecule has 0 rings (SSSR count). The average molecular weight is 227 g/mol. The highest BCUT2D eigenvalue weighted by molar-refractivity contribution is 6.74. The lowest BCUT2D eigenvalue weighted by Gasteiger charge is -2.36. The molecule has 0 spiro atoms. The van der Waals surface area contributed by atoms with Crippen LogP contribution in [0.5, 0.6) is 0 Å². The van der Waals surface area contributed by atoms with Gasteiger partial charge in [0.25, 0.3) is 0 Å². The molecule has 0 saturated carbocycles. The zero-order valence-corrected chi connectivity index (χ0v) is 11.8. The molecular weight excluding hydrogens is 202 g/mol. The van der Waals surface area contributed by atoms with Crippen molar-refractivity contribution in [1.29, 1.82) is 0 Å². The highest BCUT2D eigenvalue weighted by Gasteiger charge is 2.36. The van der Waals surface area contributed by atoms with Crippen molar-refractivity contribution in [3.8, 4) is 11.8 Å². The lowest BCUT2D eigenvalue weighted by atomic mass is 10.2. The molecule has 0 aromatic heterocycles. The summed E-state index contributed by atoms with van der Waals surface area (Å²) in [6.45, 7) is 12.6. The fourth-order valence-electron chi connectivity index (χ4n) is 0.865. The Kier molecular flexibility index (Phi) is 6.19. The zero-order chi connectivity index (χ0) is 11.9. The molecule has 88 valence electrons. The molecule has 0 radical (unpaired) electrons. The van der Waals surface area contributed by atoms with Gasteiger partial charge in [-0.15, -0.1) is 5.92 Å². The summed E-state index contributed by atoms with van der Waals surface area (Å²) >= 11 is 0. The largest absolute Gasteiger partial charge is 0.417 e. The maximum absolute atomic E-state index is 6.01. The van der Waals surface area contributed by atoms with Gasteiger partial charge in [-0.1, -0.05) is 26.7 Å². The molecule has 0 bridgehead atoms. The molecule has 0 aromatic carbocycles. The van der Waals surface area contributed by atoms with Gasteiger partial charge in [-0.3, -0.25) is 0 Å². The lowest BCUT2D eigenvalue weighted by molar-refractivity contribution is 0.284. The van der Waals surface area contributed by atoms with Crippen molar-refractivity contribution in [1.82, 2.24) is 0 Å². The first kappa shape index (κ1) is 14.7. The molecule has 0 aliphatic heterocycles. The third-order valence-corrected chi connectivity index (χ3v) is 7.48. The summed E-state index contributed by atoms with van der Waals surface area (Å²) in [5.74, 6) is 5.88. The van der Waals surface area contributed by atoms with E-state index in [0.29, 0.717) is 11.6 Å². The maximum atomic E-state index is 6.01. The molecule has 2 nitrogen and oxygen atoms in total. The van der Waals surface area contributed by atoms with Crippen LogP contribution in [-0.4, -0.2) is 21.5 Å². The Morgan fingerprint density at radius 2 is 1.80 bits per heavy atom. The van der Waals surface area contributed by atoms with Gasteiger partial charge in [0.05, 0.1) is 6.54 Å². The maximum Gasteiger partial charge on any atom is 0.191 e. The predicted molar refractivity (Wildman–Crippen MR) is 69.2 cm³/mol. The molecule has 0 amide bonds. The van der Waals surface area contributed by atoms with Crippen LogP contribution in [0.25, 0.3) is 0 Å². The predicted octanol–water partition coefficient (Wildman–Crippen LogP) is 2.75. The van der Waals surface area contributed by atoms with E-state index in [4.69, 9.17) is 10.2 Å². The summed E-state index contributed by atoms with van der Waals surface area (Å²) in [5, 5.41) is 0.302. The van der Waals surface area contributed by atoms with E-state index in [1.165, 1.54) is 0 Å². The molecular formula is C12H25NOSi. The second kappa shape index (κ2) is 6.32. The fraction of sp³-hybridized carbons (Fsp3) is 0.833. The van der Waals surface area contributed by atoms with Crippen molar-refractivity contribution in [2.24, 2.45) is 5.73 Å². The summed E-state index contributed by atoms with van der Waals surface area (Å²) in [6, 6.07) is 0. The van der Waals surface area contributed by atoms with Crippen molar-refractivity contribution in [3.63, 3.8) is 0 Å². The minimum Gasteiger partial charge on any atom is -0.417 e. The third kappa shape index (κ3) is 5.98. The van der Waals surface area contributed by atoms with Crippen LogP contribution in [0.2, 0.25) is 18.1 Å². The van der Waals surface area contributed by atoms with Gasteiger partial charge in [-0.2, -0.15) is 0 Å². The molecule has 0 aliphatic carbocycles. The van der Waals surface area contributed by atoms with Crippen molar-refractivity contribution in [2.75, 3.05) is 13.2 Å². The van der Waals surface area contributed by atoms with Gasteiger partial charge in [0.15, 0.2) is 8.32 Å². The second-order valence-corrected chi connectivity index (χ2v) is 10.1. The van der Waals surface area contributed by atoms with Crippen LogP contribution in [0.15, 0.2) is 0 Å². The van der Waals surface area contributed by atoms with Crippen molar-refractivity contribution in [2.45, 2.75) is 51.7 Å². The first-order valence-corrected chi connectivity index (χ1v) is 8.52. The Hall–Kier alpha value is -0.303. The van der Waals surface area contributed by atoms with Gasteiger partial charge in [-0.05, 0) is 24.6 Å². The Bertz CT molecular complexity index is 232. The van der Waals surface area contributed by atoms with E-state index in [9.17, 15) is 0 Å². The number of nitrogens with two attached hydrogens (primary N) is 1. The second-order valence-electron chi connectivity index (χ2n) is 5.27. The average Bonchev–Trinajstić information content (AvgIpc) is 2.09. The molecule has 0 fully saturated rings. The number of rotatable bonds is 4. The topological polar surface area (TPSA) is 35.2 Å². The lowest BCUT2D eigenvalue weighted by Crippen LogP contribution is -2.40. The molecule has 0 unspecified atom stereocenters. The molecule has 0 heterocycles. The van der Waals surface area contributed by atoms with E-state index in [1.807, 2.05) is 0 Å². The van der Waals surface area contributed by atoms with Crippen molar-refractivity contribution in [3.05, 3.63) is 0 Å². The summed E-state index contributed by atoms with van der Waals surface area (Å²) in [7, 11) is -1.55. The van der Waals surface area contributed by atoms with Crippen molar-refractivity contribution >= 4 is 8.32 Å². The Balaban J connectivity index is 3.77. The zero-order valence-electron chi connectivity index (χ0n) is 10.8. The van der Waals surface area contributed by atoms with E-state index in [-0.39, 0.29) is 0 Å². The van der Waals surface area contributed by atoms with Gasteiger partial charge in [0.1, 0.15) is 0 Å². The number of hydrogen-bond donors (Lipinski definition) is 1. The van der Waals surface area contributed by atoms with Crippen LogP contribution in [-0.2, 0) is 4.43 Å². The SMILES string of the molecule is CC(C)(C)[Si](C)(C)OCCCC#CCN. The minimum atomic E-state index is -1.55. The van der Waals surface area contributed by atoms with E-state index < -0.39 is 8.32 Å². The highest BCUT2D eigenvalue weighted by atomic mass is 28.4. The van der Waals surface area contributed by atoms with Gasteiger partial charge < -0.3 is 10.2 Å². The summed E-state index contributed by atoms with van der Waals surface area (Å²) < 4.78 is 6.01. The first-order chi connectivity index (χ1) is 6.81. The Morgan fingerprint density at radius 3 is 2.27 bits per heavy atom. The number of unbranched alkanes of at least 4 members (excludes halogenated alkanes) is 1. The standard InChI is InChI=1S/C12H25NOSi/c1-12(2,3)15(4,5)14-11-9-7-6-8-10-13/h7,9-11,13H2,1-5H3. The Morgan fingerprint density at radius 1 is 1.20 bits per heavy atom. The minimum absolute atomic E-state index is 0.302. The molecule has 15 heavy (non-hydrogen) atoms. The van der Waals surface area contributed by atoms with E-state index >= 15 is 0 Å². The van der Waals surface area contributed by atoms with Gasteiger partial charge in [-0.25, -0.2) is 0 Å². The summed E-state index contributed by atoms with van der Waals surface area (Å²) in [6.07, 6.45) is 1.91. The van der Waals surface area contributed by atoms with E-state index in [1.54, 1.807) is 0 Å². The quantitative estimate of drug-likeness (QED) is 0.455. The third-order valence-electron chi connectivity index (χ3n) is 2.94. The van der Waals surface area contributed by atoms with Crippen LogP contribution in [0.3, 0.4) is 0 Å².